The first-order valence-corrected chi connectivity index (χ1v) is 9.68. The molecule has 0 aliphatic carbocycles. The minimum absolute atomic E-state index is 0.239. The van der Waals surface area contributed by atoms with Gasteiger partial charge in [0.1, 0.15) is 0 Å². The molecular formula is C21H36ClNO. The lowest BCUT2D eigenvalue weighted by atomic mass is 9.71. The molecule has 3 atom stereocenters. The van der Waals surface area contributed by atoms with Gasteiger partial charge in [-0.05, 0) is 67.9 Å². The highest BCUT2D eigenvalue weighted by Crippen LogP contribution is 2.39. The molecule has 1 aromatic rings. The van der Waals surface area contributed by atoms with Crippen LogP contribution < -0.4 is 0 Å². The van der Waals surface area contributed by atoms with Crippen LogP contribution in [0.15, 0.2) is 18.3 Å². The Bertz CT molecular complexity index is 510. The Hall–Kier alpha value is -0.600. The molecule has 0 spiro atoms. The summed E-state index contributed by atoms with van der Waals surface area (Å²) in [6, 6.07) is 3.80. The number of hydrogen-bond acceptors (Lipinski definition) is 2. The van der Waals surface area contributed by atoms with Crippen LogP contribution in [0.5, 0.6) is 0 Å². The first-order valence-electron chi connectivity index (χ1n) is 9.30. The van der Waals surface area contributed by atoms with Crippen LogP contribution in [0.3, 0.4) is 0 Å². The molecule has 3 heteroatoms. The number of aliphatic hydroxyl groups is 1. The molecule has 0 aliphatic rings. The third-order valence-electron chi connectivity index (χ3n) is 6.14. The van der Waals surface area contributed by atoms with Crippen LogP contribution in [0.4, 0.5) is 0 Å². The molecule has 3 unspecified atom stereocenters. The van der Waals surface area contributed by atoms with E-state index < -0.39 is 5.60 Å². The zero-order valence-electron chi connectivity index (χ0n) is 16.6. The predicted molar refractivity (Wildman–Crippen MR) is 105 cm³/mol. The van der Waals surface area contributed by atoms with Crippen molar-refractivity contribution in [3.63, 3.8) is 0 Å². The topological polar surface area (TPSA) is 33.1 Å². The van der Waals surface area contributed by atoms with E-state index in [1.165, 1.54) is 0 Å². The third kappa shape index (κ3) is 6.04. The Morgan fingerprint density at radius 1 is 1.08 bits per heavy atom. The molecular weight excluding hydrogens is 318 g/mol. The maximum absolute atomic E-state index is 10.5. The lowest BCUT2D eigenvalue weighted by Gasteiger charge is -2.36. The van der Waals surface area contributed by atoms with Crippen molar-refractivity contribution in [2.24, 2.45) is 17.3 Å². The predicted octanol–water partition coefficient (Wildman–Crippen LogP) is 6.47. The summed E-state index contributed by atoms with van der Waals surface area (Å²) in [5.74, 6) is 1.22. The smallest absolute Gasteiger partial charge is 0.0642 e. The van der Waals surface area contributed by atoms with E-state index in [0.717, 1.165) is 36.4 Å². The number of aromatic nitrogens is 1. The van der Waals surface area contributed by atoms with Crippen molar-refractivity contribution in [3.8, 4) is 0 Å². The maximum atomic E-state index is 10.5. The fourth-order valence-corrected chi connectivity index (χ4v) is 3.23. The highest BCUT2D eigenvalue weighted by molar-refractivity contribution is 6.31. The van der Waals surface area contributed by atoms with Gasteiger partial charge < -0.3 is 5.11 Å². The van der Waals surface area contributed by atoms with Crippen LogP contribution in [-0.2, 0) is 0 Å². The minimum Gasteiger partial charge on any atom is -0.390 e. The first kappa shape index (κ1) is 21.4. The average molecular weight is 354 g/mol. The summed E-state index contributed by atoms with van der Waals surface area (Å²) >= 11 is 6.27. The highest BCUT2D eigenvalue weighted by Gasteiger charge is 2.31. The van der Waals surface area contributed by atoms with Crippen LogP contribution in [0.25, 0.3) is 0 Å². The van der Waals surface area contributed by atoms with E-state index in [-0.39, 0.29) is 5.41 Å². The number of pyridine rings is 1. The van der Waals surface area contributed by atoms with Crippen LogP contribution >= 0.6 is 11.6 Å². The second-order valence-electron chi connectivity index (χ2n) is 8.75. The lowest BCUT2D eigenvalue weighted by molar-refractivity contribution is -0.00509. The molecule has 0 bridgehead atoms. The van der Waals surface area contributed by atoms with Crippen molar-refractivity contribution >= 4 is 11.6 Å². The van der Waals surface area contributed by atoms with Gasteiger partial charge in [0, 0.05) is 6.20 Å². The normalized spacial score (nSPS) is 17.6. The van der Waals surface area contributed by atoms with Gasteiger partial charge in [-0.1, -0.05) is 53.1 Å². The van der Waals surface area contributed by atoms with Gasteiger partial charge in [-0.15, -0.1) is 0 Å². The van der Waals surface area contributed by atoms with Gasteiger partial charge in [0.15, 0.2) is 0 Å². The van der Waals surface area contributed by atoms with E-state index in [2.05, 4.69) is 46.5 Å². The Labute approximate surface area is 154 Å². The van der Waals surface area contributed by atoms with Crippen LogP contribution in [-0.4, -0.2) is 15.7 Å². The standard InChI is InChI=1S/C21H36ClNO/c1-15(2)21(7,24)13-11-17(4)20(5,6)12-10-16(3)19-18(22)9-8-14-23-19/h8-9,14-17,24H,10-13H2,1-7H3. The van der Waals surface area contributed by atoms with Crippen LogP contribution in [0, 0.1) is 17.3 Å². The molecule has 0 fully saturated rings. The lowest BCUT2D eigenvalue weighted by Crippen LogP contribution is -2.33. The molecule has 138 valence electrons. The van der Waals surface area contributed by atoms with E-state index in [0.29, 0.717) is 17.8 Å². The fraction of sp³-hybridized carbons (Fsp3) is 0.762. The van der Waals surface area contributed by atoms with Gasteiger partial charge in [0.25, 0.3) is 0 Å². The van der Waals surface area contributed by atoms with Crippen molar-refractivity contribution in [2.75, 3.05) is 0 Å². The van der Waals surface area contributed by atoms with E-state index in [1.54, 1.807) is 0 Å². The van der Waals surface area contributed by atoms with Gasteiger partial charge >= 0.3 is 0 Å². The molecule has 0 aromatic carbocycles. The number of nitrogens with zero attached hydrogens (tertiary/aromatic N) is 1. The number of rotatable bonds is 9. The Morgan fingerprint density at radius 3 is 2.25 bits per heavy atom. The van der Waals surface area contributed by atoms with E-state index in [1.807, 2.05) is 25.3 Å². The summed E-state index contributed by atoms with van der Waals surface area (Å²) < 4.78 is 0. The molecule has 0 aliphatic heterocycles. The summed E-state index contributed by atoms with van der Waals surface area (Å²) in [6.45, 7) is 15.3. The fourth-order valence-electron chi connectivity index (χ4n) is 2.92. The zero-order valence-corrected chi connectivity index (χ0v) is 17.3. The van der Waals surface area contributed by atoms with E-state index >= 15 is 0 Å². The molecule has 0 radical (unpaired) electrons. The Morgan fingerprint density at radius 2 is 1.71 bits per heavy atom. The van der Waals surface area contributed by atoms with Crippen molar-refractivity contribution in [2.45, 2.75) is 85.7 Å². The molecule has 1 heterocycles. The summed E-state index contributed by atoms with van der Waals surface area (Å²) in [5.41, 5.74) is 0.673. The second-order valence-corrected chi connectivity index (χ2v) is 9.16. The highest BCUT2D eigenvalue weighted by atomic mass is 35.5. The van der Waals surface area contributed by atoms with Crippen molar-refractivity contribution < 1.29 is 5.11 Å². The number of halogens is 1. The largest absolute Gasteiger partial charge is 0.390 e. The molecule has 24 heavy (non-hydrogen) atoms. The Balaban J connectivity index is 2.57. The van der Waals surface area contributed by atoms with Gasteiger partial charge in [0.2, 0.25) is 0 Å². The van der Waals surface area contributed by atoms with Crippen molar-refractivity contribution in [1.82, 2.24) is 4.98 Å². The van der Waals surface area contributed by atoms with Gasteiger partial charge in [-0.2, -0.15) is 0 Å². The summed E-state index contributed by atoms with van der Waals surface area (Å²) in [5, 5.41) is 11.2. The summed E-state index contributed by atoms with van der Waals surface area (Å²) in [7, 11) is 0. The second kappa shape index (κ2) is 8.67. The van der Waals surface area contributed by atoms with Gasteiger partial charge in [-0.3, -0.25) is 4.98 Å². The average Bonchev–Trinajstić information content (AvgIpc) is 2.50. The quantitative estimate of drug-likeness (QED) is 0.552. The van der Waals surface area contributed by atoms with Crippen LogP contribution in [0.1, 0.15) is 85.8 Å². The molecule has 1 rings (SSSR count). The molecule has 0 saturated carbocycles. The SMILES string of the molecule is CC(CCC(C)(C)C(C)CCC(C)(O)C(C)C)c1ncccc1Cl. The first-order chi connectivity index (χ1) is 11.0. The van der Waals surface area contributed by atoms with Gasteiger partial charge in [0.05, 0.1) is 16.3 Å². The number of hydrogen-bond donors (Lipinski definition) is 1. The molecule has 1 aromatic heterocycles. The summed E-state index contributed by atoms with van der Waals surface area (Å²) in [4.78, 5) is 4.45. The maximum Gasteiger partial charge on any atom is 0.0642 e. The molecule has 1 N–H and O–H groups in total. The molecule has 2 nitrogen and oxygen atoms in total. The van der Waals surface area contributed by atoms with Crippen molar-refractivity contribution in [3.05, 3.63) is 29.0 Å². The monoisotopic (exact) mass is 353 g/mol. The zero-order chi connectivity index (χ0) is 18.5. The van der Waals surface area contributed by atoms with E-state index in [4.69, 9.17) is 11.6 Å². The van der Waals surface area contributed by atoms with Gasteiger partial charge in [-0.25, -0.2) is 0 Å². The van der Waals surface area contributed by atoms with Crippen LogP contribution in [0.2, 0.25) is 5.02 Å². The third-order valence-corrected chi connectivity index (χ3v) is 6.46. The Kier molecular flexibility index (Phi) is 7.75. The van der Waals surface area contributed by atoms with Crippen molar-refractivity contribution in [1.29, 1.82) is 0 Å². The minimum atomic E-state index is -0.570. The van der Waals surface area contributed by atoms with E-state index in [9.17, 15) is 5.11 Å². The molecule has 0 saturated heterocycles. The molecule has 0 amide bonds. The summed E-state index contributed by atoms with van der Waals surface area (Å²) in [6.07, 6.45) is 5.94.